The Morgan fingerprint density at radius 2 is 2.12 bits per heavy atom. The number of carbonyl (C=O) groups is 2. The minimum Gasteiger partial charge on any atom is -0.450 e. The Kier molecular flexibility index (Phi) is 2.46. The van der Waals surface area contributed by atoms with Crippen molar-refractivity contribution in [3.8, 4) is 0 Å². The van der Waals surface area contributed by atoms with Crippen LogP contribution in [0.1, 0.15) is 22.8 Å². The van der Waals surface area contributed by atoms with Gasteiger partial charge in [0.25, 0.3) is 0 Å². The first-order chi connectivity index (χ1) is 7.49. The van der Waals surface area contributed by atoms with E-state index >= 15 is 0 Å². The van der Waals surface area contributed by atoms with E-state index in [4.69, 9.17) is 4.74 Å². The highest BCUT2D eigenvalue weighted by Gasteiger charge is 2.31. The van der Waals surface area contributed by atoms with Crippen molar-refractivity contribution in [2.75, 3.05) is 0 Å². The Labute approximate surface area is 90.0 Å². The van der Waals surface area contributed by atoms with Crippen molar-refractivity contribution < 1.29 is 23.1 Å². The van der Waals surface area contributed by atoms with Crippen molar-refractivity contribution in [3.05, 3.63) is 34.9 Å². The number of benzene rings is 1. The van der Waals surface area contributed by atoms with Crippen molar-refractivity contribution in [1.82, 2.24) is 0 Å². The second-order valence-corrected chi connectivity index (χ2v) is 3.62. The molecule has 0 fully saturated rings. The molecular weight excluding hydrogens is 218 g/mol. The Morgan fingerprint density at radius 3 is 2.75 bits per heavy atom. The summed E-state index contributed by atoms with van der Waals surface area (Å²) in [6, 6.07) is 1.60. The van der Waals surface area contributed by atoms with Gasteiger partial charge in [-0.25, -0.2) is 13.6 Å². The van der Waals surface area contributed by atoms with E-state index in [1.807, 2.05) is 0 Å². The minimum atomic E-state index is -0.972. The van der Waals surface area contributed by atoms with Crippen LogP contribution in [0, 0.1) is 11.6 Å². The molecular formula is C11H8F2O3. The van der Waals surface area contributed by atoms with Crippen LogP contribution in [0.4, 0.5) is 8.78 Å². The molecule has 1 atom stereocenters. The second kappa shape index (κ2) is 3.66. The number of hydrogen-bond acceptors (Lipinski definition) is 3. The van der Waals surface area contributed by atoms with Crippen molar-refractivity contribution >= 4 is 11.8 Å². The summed E-state index contributed by atoms with van der Waals surface area (Å²) >= 11 is 0. The van der Waals surface area contributed by atoms with Crippen molar-refractivity contribution in [2.45, 2.75) is 19.4 Å². The van der Waals surface area contributed by atoms with Gasteiger partial charge in [0.05, 0.1) is 5.56 Å². The van der Waals surface area contributed by atoms with Gasteiger partial charge in [-0.1, -0.05) is 0 Å². The number of ketones is 1. The fourth-order valence-electron chi connectivity index (χ4n) is 1.64. The summed E-state index contributed by atoms with van der Waals surface area (Å²) in [5, 5.41) is 0. The number of Topliss-reactive ketones (excluding diaryl/α,β-unsaturated/α-hetero) is 1. The molecule has 5 heteroatoms. The third kappa shape index (κ3) is 1.68. The highest BCUT2D eigenvalue weighted by atomic mass is 19.1. The molecule has 0 amide bonds. The fraction of sp³-hybridized carbons (Fsp3) is 0.273. The van der Waals surface area contributed by atoms with Crippen molar-refractivity contribution in [1.29, 1.82) is 0 Å². The van der Waals surface area contributed by atoms with E-state index in [2.05, 4.69) is 0 Å². The lowest BCUT2D eigenvalue weighted by atomic mass is 9.96. The third-order valence-electron chi connectivity index (χ3n) is 2.47. The number of hydrogen-bond donors (Lipinski definition) is 0. The molecule has 1 aliphatic rings. The molecule has 84 valence electrons. The summed E-state index contributed by atoms with van der Waals surface area (Å²) in [4.78, 5) is 22.5. The van der Waals surface area contributed by atoms with E-state index in [1.165, 1.54) is 6.92 Å². The summed E-state index contributed by atoms with van der Waals surface area (Å²) in [6.07, 6.45) is -1.01. The summed E-state index contributed by atoms with van der Waals surface area (Å²) in [5.74, 6) is -2.88. The predicted octanol–water partition coefficient (Wildman–Crippen LogP) is 1.64. The molecule has 1 aromatic carbocycles. The molecule has 0 saturated carbocycles. The van der Waals surface area contributed by atoms with Crippen LogP contribution in [0.3, 0.4) is 0 Å². The largest absolute Gasteiger partial charge is 0.450 e. The normalized spacial score (nSPS) is 18.9. The monoisotopic (exact) mass is 226 g/mol. The molecule has 1 unspecified atom stereocenters. The van der Waals surface area contributed by atoms with Gasteiger partial charge in [-0.2, -0.15) is 0 Å². The summed E-state index contributed by atoms with van der Waals surface area (Å²) in [6.45, 7) is 1.25. The van der Waals surface area contributed by atoms with Gasteiger partial charge in [0.1, 0.15) is 11.6 Å². The fourth-order valence-corrected chi connectivity index (χ4v) is 1.64. The van der Waals surface area contributed by atoms with Crippen molar-refractivity contribution in [2.24, 2.45) is 0 Å². The molecule has 1 heterocycles. The Bertz CT molecular complexity index is 482. The Hall–Kier alpha value is -1.78. The zero-order valence-electron chi connectivity index (χ0n) is 8.42. The van der Waals surface area contributed by atoms with Gasteiger partial charge in [0.2, 0.25) is 0 Å². The lowest BCUT2D eigenvalue weighted by Crippen LogP contribution is -2.33. The molecule has 0 N–H and O–H groups in total. The van der Waals surface area contributed by atoms with Crippen LogP contribution in [0.15, 0.2) is 12.1 Å². The maximum Gasteiger partial charge on any atom is 0.339 e. The topological polar surface area (TPSA) is 43.4 Å². The summed E-state index contributed by atoms with van der Waals surface area (Å²) in [5.41, 5.74) is -0.104. The maximum absolute atomic E-state index is 13.4. The number of rotatable bonds is 1. The van der Waals surface area contributed by atoms with Crippen LogP contribution < -0.4 is 0 Å². The molecule has 0 spiro atoms. The first-order valence-corrected chi connectivity index (χ1v) is 4.68. The minimum absolute atomic E-state index is 0.0392. The highest BCUT2D eigenvalue weighted by Crippen LogP contribution is 2.24. The number of cyclic esters (lactones) is 1. The molecule has 1 aliphatic heterocycles. The standard InChI is InChI=1S/C11H8F2O3/c1-5(14)10-4-7-8(11(15)16-10)2-6(12)3-9(7)13/h2-3,10H,4H2,1H3. The lowest BCUT2D eigenvalue weighted by molar-refractivity contribution is -0.125. The molecule has 0 bridgehead atoms. The van der Waals surface area contributed by atoms with E-state index in [-0.39, 0.29) is 23.3 Å². The van der Waals surface area contributed by atoms with E-state index in [9.17, 15) is 18.4 Å². The Balaban J connectivity index is 2.50. The van der Waals surface area contributed by atoms with E-state index in [0.29, 0.717) is 6.07 Å². The van der Waals surface area contributed by atoms with E-state index in [0.717, 1.165) is 6.07 Å². The zero-order valence-corrected chi connectivity index (χ0v) is 8.42. The number of ether oxygens (including phenoxy) is 1. The van der Waals surface area contributed by atoms with Crippen LogP contribution in [0.5, 0.6) is 0 Å². The lowest BCUT2D eigenvalue weighted by Gasteiger charge is -2.22. The average Bonchev–Trinajstić information content (AvgIpc) is 2.19. The second-order valence-electron chi connectivity index (χ2n) is 3.62. The first kappa shape index (κ1) is 10.7. The number of fused-ring (bicyclic) bond motifs is 1. The number of esters is 1. The van der Waals surface area contributed by atoms with Gasteiger partial charge in [-0.05, 0) is 13.0 Å². The molecule has 0 saturated heterocycles. The van der Waals surface area contributed by atoms with Crippen molar-refractivity contribution in [3.63, 3.8) is 0 Å². The maximum atomic E-state index is 13.4. The number of halogens is 2. The van der Waals surface area contributed by atoms with Crippen LogP contribution in [0.25, 0.3) is 0 Å². The molecule has 0 aromatic heterocycles. The van der Waals surface area contributed by atoms with Crippen LogP contribution in [0.2, 0.25) is 0 Å². The van der Waals surface area contributed by atoms with Crippen LogP contribution >= 0.6 is 0 Å². The predicted molar refractivity (Wildman–Crippen MR) is 49.9 cm³/mol. The van der Waals surface area contributed by atoms with E-state index < -0.39 is 23.7 Å². The summed E-state index contributed by atoms with van der Waals surface area (Å²) < 4.78 is 31.0. The average molecular weight is 226 g/mol. The third-order valence-corrected chi connectivity index (χ3v) is 2.47. The van der Waals surface area contributed by atoms with Crippen LogP contribution in [-0.2, 0) is 16.0 Å². The summed E-state index contributed by atoms with van der Waals surface area (Å²) in [7, 11) is 0. The smallest absolute Gasteiger partial charge is 0.339 e. The van der Waals surface area contributed by atoms with Gasteiger partial charge < -0.3 is 4.74 Å². The van der Waals surface area contributed by atoms with Gasteiger partial charge in [-0.15, -0.1) is 0 Å². The van der Waals surface area contributed by atoms with E-state index in [1.54, 1.807) is 0 Å². The number of carbonyl (C=O) groups excluding carboxylic acids is 2. The van der Waals surface area contributed by atoms with Crippen LogP contribution in [-0.4, -0.2) is 17.9 Å². The van der Waals surface area contributed by atoms with Gasteiger partial charge >= 0.3 is 5.97 Å². The molecule has 1 aromatic rings. The van der Waals surface area contributed by atoms with Gasteiger partial charge in [0.15, 0.2) is 11.9 Å². The SMILES string of the molecule is CC(=O)C1Cc2c(F)cc(F)cc2C(=O)O1. The zero-order chi connectivity index (χ0) is 11.9. The molecule has 16 heavy (non-hydrogen) atoms. The highest BCUT2D eigenvalue weighted by molar-refractivity contribution is 5.95. The molecule has 2 rings (SSSR count). The molecule has 0 radical (unpaired) electrons. The first-order valence-electron chi connectivity index (χ1n) is 4.68. The Morgan fingerprint density at radius 1 is 1.44 bits per heavy atom. The van der Waals surface area contributed by atoms with Gasteiger partial charge in [0, 0.05) is 18.1 Å². The quantitative estimate of drug-likeness (QED) is 0.683. The molecule has 3 nitrogen and oxygen atoms in total. The molecule has 0 aliphatic carbocycles. The van der Waals surface area contributed by atoms with Gasteiger partial charge in [-0.3, -0.25) is 4.79 Å².